The number of rotatable bonds is 7. The van der Waals surface area contributed by atoms with Crippen LogP contribution in [0.15, 0.2) is 24.3 Å². The van der Waals surface area contributed by atoms with Crippen LogP contribution < -0.4 is 5.32 Å². The van der Waals surface area contributed by atoms with Gasteiger partial charge in [0.05, 0.1) is 6.61 Å². The van der Waals surface area contributed by atoms with Crippen molar-refractivity contribution in [2.24, 2.45) is 0 Å². The van der Waals surface area contributed by atoms with E-state index in [2.05, 4.69) is 5.32 Å². The first kappa shape index (κ1) is 15.7. The topological polar surface area (TPSA) is 58.6 Å². The van der Waals surface area contributed by atoms with Crippen LogP contribution in [0.3, 0.4) is 0 Å². The number of carbonyl (C=O) groups excluding carboxylic acids is 1. The summed E-state index contributed by atoms with van der Waals surface area (Å²) in [5.41, 5.74) is 1.29. The fourth-order valence-corrected chi connectivity index (χ4v) is 1.84. The van der Waals surface area contributed by atoms with Crippen LogP contribution in [-0.2, 0) is 11.3 Å². The average Bonchev–Trinajstić information content (AvgIpc) is 2.40. The van der Waals surface area contributed by atoms with Gasteiger partial charge in [0.15, 0.2) is 0 Å². The number of methoxy groups -OCH3 is 1. The van der Waals surface area contributed by atoms with Crippen LogP contribution in [0.2, 0.25) is 0 Å². The summed E-state index contributed by atoms with van der Waals surface area (Å²) in [5, 5.41) is 12.0. The first-order valence-electron chi connectivity index (χ1n) is 6.56. The molecule has 2 N–H and O–H groups in total. The molecule has 1 atom stereocenters. The van der Waals surface area contributed by atoms with Crippen molar-refractivity contribution in [1.82, 2.24) is 5.32 Å². The van der Waals surface area contributed by atoms with Crippen molar-refractivity contribution >= 4 is 5.91 Å². The summed E-state index contributed by atoms with van der Waals surface area (Å²) in [6.45, 7) is 4.55. The van der Waals surface area contributed by atoms with Crippen LogP contribution in [0.4, 0.5) is 0 Å². The Bertz CT molecular complexity index is 402. The first-order valence-corrected chi connectivity index (χ1v) is 6.56. The molecule has 0 saturated heterocycles. The van der Waals surface area contributed by atoms with Crippen LogP contribution in [0, 0.1) is 0 Å². The lowest BCUT2D eigenvalue weighted by molar-refractivity contribution is 0.0886. The van der Waals surface area contributed by atoms with E-state index in [1.54, 1.807) is 19.2 Å². The van der Waals surface area contributed by atoms with Crippen LogP contribution >= 0.6 is 0 Å². The Labute approximate surface area is 114 Å². The molecule has 4 heteroatoms. The molecule has 0 heterocycles. The lowest BCUT2D eigenvalue weighted by Gasteiger charge is -2.29. The molecule has 1 rings (SSSR count). The largest absolute Gasteiger partial charge is 0.396 e. The summed E-state index contributed by atoms with van der Waals surface area (Å²) >= 11 is 0. The fourth-order valence-electron chi connectivity index (χ4n) is 1.84. The molecule has 1 amide bonds. The number of aliphatic hydroxyl groups excluding tert-OH is 1. The van der Waals surface area contributed by atoms with Crippen LogP contribution in [0.1, 0.15) is 42.6 Å². The summed E-state index contributed by atoms with van der Waals surface area (Å²) in [5.74, 6) is -0.109. The number of nitrogens with one attached hydrogen (secondary N) is 1. The summed E-state index contributed by atoms with van der Waals surface area (Å²) in [4.78, 5) is 12.1. The Morgan fingerprint density at radius 2 is 2.00 bits per heavy atom. The highest BCUT2D eigenvalue weighted by atomic mass is 16.5. The number of ether oxygens (including phenoxy) is 1. The highest BCUT2D eigenvalue weighted by molar-refractivity contribution is 5.94. The number of benzene rings is 1. The molecule has 4 nitrogen and oxygen atoms in total. The number of hydrogen-bond acceptors (Lipinski definition) is 3. The molecule has 0 bridgehead atoms. The van der Waals surface area contributed by atoms with Crippen LogP contribution in [-0.4, -0.2) is 30.3 Å². The number of hydrogen-bond donors (Lipinski definition) is 2. The van der Waals surface area contributed by atoms with E-state index < -0.39 is 0 Å². The highest BCUT2D eigenvalue weighted by Crippen LogP contribution is 2.15. The van der Waals surface area contributed by atoms with Gasteiger partial charge in [0, 0.05) is 24.8 Å². The summed E-state index contributed by atoms with van der Waals surface area (Å²) in [6.07, 6.45) is 1.33. The predicted molar refractivity (Wildman–Crippen MR) is 75.0 cm³/mol. The molecule has 0 aliphatic carbocycles. The molecule has 0 aromatic heterocycles. The fraction of sp³-hybridized carbons (Fsp3) is 0.533. The van der Waals surface area contributed by atoms with Crippen molar-refractivity contribution in [3.05, 3.63) is 35.4 Å². The molecule has 1 unspecified atom stereocenters. The molecule has 0 aliphatic rings. The van der Waals surface area contributed by atoms with Gasteiger partial charge in [-0.3, -0.25) is 4.79 Å². The van der Waals surface area contributed by atoms with Crippen molar-refractivity contribution in [2.75, 3.05) is 13.7 Å². The minimum absolute atomic E-state index is 0.0669. The molecular weight excluding hydrogens is 242 g/mol. The van der Waals surface area contributed by atoms with Crippen LogP contribution in [0.25, 0.3) is 0 Å². The van der Waals surface area contributed by atoms with E-state index in [9.17, 15) is 4.79 Å². The quantitative estimate of drug-likeness (QED) is 0.794. The molecule has 1 aromatic rings. The normalized spacial score (nSPS) is 13.9. The van der Waals surface area contributed by atoms with Crippen LogP contribution in [0.5, 0.6) is 0 Å². The third-order valence-corrected chi connectivity index (χ3v) is 3.39. The number of carbonyl (C=O) groups is 1. The predicted octanol–water partition coefficient (Wildman–Crippen LogP) is 2.11. The Kier molecular flexibility index (Phi) is 5.99. The maximum atomic E-state index is 12.1. The second-order valence-corrected chi connectivity index (χ2v) is 4.97. The van der Waals surface area contributed by atoms with Gasteiger partial charge in [-0.15, -0.1) is 0 Å². The summed E-state index contributed by atoms with van der Waals surface area (Å²) in [6, 6.07) is 7.35. The van der Waals surface area contributed by atoms with Gasteiger partial charge in [0.25, 0.3) is 5.91 Å². The molecule has 0 radical (unpaired) electrons. The maximum Gasteiger partial charge on any atom is 0.251 e. The number of aliphatic hydroxyl groups is 1. The minimum Gasteiger partial charge on any atom is -0.396 e. The summed E-state index contributed by atoms with van der Waals surface area (Å²) in [7, 11) is 1.64. The lowest BCUT2D eigenvalue weighted by atomic mass is 9.94. The second-order valence-electron chi connectivity index (χ2n) is 4.97. The van der Waals surface area contributed by atoms with Crippen molar-refractivity contribution in [3.8, 4) is 0 Å². The van der Waals surface area contributed by atoms with Crippen molar-refractivity contribution in [1.29, 1.82) is 0 Å². The third kappa shape index (κ3) is 4.65. The zero-order valence-electron chi connectivity index (χ0n) is 11.9. The molecule has 0 aliphatic heterocycles. The first-order chi connectivity index (χ1) is 9.04. The van der Waals surface area contributed by atoms with E-state index in [4.69, 9.17) is 9.84 Å². The lowest BCUT2D eigenvalue weighted by Crippen LogP contribution is -2.46. The van der Waals surface area contributed by atoms with E-state index in [0.717, 1.165) is 12.0 Å². The third-order valence-electron chi connectivity index (χ3n) is 3.39. The molecule has 0 spiro atoms. The van der Waals surface area contributed by atoms with Crippen molar-refractivity contribution in [3.63, 3.8) is 0 Å². The zero-order valence-corrected chi connectivity index (χ0v) is 11.9. The smallest absolute Gasteiger partial charge is 0.251 e. The monoisotopic (exact) mass is 265 g/mol. The van der Waals surface area contributed by atoms with E-state index in [0.29, 0.717) is 18.6 Å². The molecule has 0 fully saturated rings. The maximum absolute atomic E-state index is 12.1. The van der Waals surface area contributed by atoms with Gasteiger partial charge in [0.1, 0.15) is 0 Å². The van der Waals surface area contributed by atoms with E-state index >= 15 is 0 Å². The van der Waals surface area contributed by atoms with Gasteiger partial charge in [0.2, 0.25) is 0 Å². The van der Waals surface area contributed by atoms with E-state index in [-0.39, 0.29) is 18.1 Å². The standard InChI is InChI=1S/C15H23NO3/c1-4-15(2,9-10-17)16-14(18)13-7-5-12(6-8-13)11-19-3/h5-8,17H,4,9-11H2,1-3H3,(H,16,18). The SMILES string of the molecule is CCC(C)(CCO)NC(=O)c1ccc(COC)cc1. The van der Waals surface area contributed by atoms with Gasteiger partial charge >= 0.3 is 0 Å². The molecule has 0 saturated carbocycles. The van der Waals surface area contributed by atoms with E-state index in [1.807, 2.05) is 26.0 Å². The van der Waals surface area contributed by atoms with Gasteiger partial charge < -0.3 is 15.2 Å². The minimum atomic E-state index is -0.364. The Balaban J connectivity index is 2.71. The molecule has 106 valence electrons. The van der Waals surface area contributed by atoms with Gasteiger partial charge in [-0.05, 0) is 37.5 Å². The Hall–Kier alpha value is -1.39. The van der Waals surface area contributed by atoms with Crippen molar-refractivity contribution in [2.45, 2.75) is 38.8 Å². The van der Waals surface area contributed by atoms with Gasteiger partial charge in [-0.25, -0.2) is 0 Å². The number of amides is 1. The second kappa shape index (κ2) is 7.26. The molecule has 19 heavy (non-hydrogen) atoms. The Morgan fingerprint density at radius 3 is 2.47 bits per heavy atom. The molecule has 1 aromatic carbocycles. The van der Waals surface area contributed by atoms with Gasteiger partial charge in [-0.1, -0.05) is 19.1 Å². The van der Waals surface area contributed by atoms with Crippen molar-refractivity contribution < 1.29 is 14.6 Å². The highest BCUT2D eigenvalue weighted by Gasteiger charge is 2.24. The Morgan fingerprint density at radius 1 is 1.37 bits per heavy atom. The summed E-state index contributed by atoms with van der Waals surface area (Å²) < 4.78 is 5.03. The zero-order chi connectivity index (χ0) is 14.3. The van der Waals surface area contributed by atoms with E-state index in [1.165, 1.54) is 0 Å². The molecular formula is C15H23NO3. The van der Waals surface area contributed by atoms with Gasteiger partial charge in [-0.2, -0.15) is 0 Å². The average molecular weight is 265 g/mol.